The Kier molecular flexibility index (Phi) is 5.79. The van der Waals surface area contributed by atoms with Gasteiger partial charge in [0.05, 0.1) is 11.4 Å². The zero-order valence-corrected chi connectivity index (χ0v) is 21.0. The first kappa shape index (κ1) is 22.6. The molecule has 0 saturated carbocycles. The van der Waals surface area contributed by atoms with Gasteiger partial charge in [0.25, 0.3) is 0 Å². The van der Waals surface area contributed by atoms with Gasteiger partial charge in [-0.2, -0.15) is 5.10 Å². The summed E-state index contributed by atoms with van der Waals surface area (Å²) in [6.45, 7) is 3.03. The molecule has 0 radical (unpaired) electrons. The van der Waals surface area contributed by atoms with Gasteiger partial charge in [0, 0.05) is 48.4 Å². The van der Waals surface area contributed by atoms with E-state index in [-0.39, 0.29) is 0 Å². The quantitative estimate of drug-likeness (QED) is 0.313. The van der Waals surface area contributed by atoms with E-state index in [1.165, 1.54) is 5.56 Å². The number of nitrogens with zero attached hydrogens (tertiary/aromatic N) is 6. The molecule has 6 aromatic rings. The van der Waals surface area contributed by atoms with E-state index in [4.69, 9.17) is 9.97 Å². The van der Waals surface area contributed by atoms with Crippen molar-refractivity contribution in [2.75, 3.05) is 13.1 Å². The summed E-state index contributed by atoms with van der Waals surface area (Å²) in [5, 5.41) is 7.57. The molecule has 0 unspecified atom stereocenters. The van der Waals surface area contributed by atoms with Crippen molar-refractivity contribution in [3.63, 3.8) is 0 Å². The standard InChI is InChI=1S/C30H28N8/c1-2-5-22(6-3-1)25-20-38-18-15-32-30(38)33-27(25)23-10-8-21(9-11-23)19-37-16-12-24(13-17-37)28-34-29(36-35-28)26-7-4-14-31-26/h1-11,14-15,18,20,24,31H,12-13,16-17,19H2,(H,34,35,36). The average molecular weight is 501 g/mol. The highest BCUT2D eigenvalue weighted by Crippen LogP contribution is 2.32. The zero-order valence-electron chi connectivity index (χ0n) is 21.0. The van der Waals surface area contributed by atoms with Gasteiger partial charge in [-0.15, -0.1) is 0 Å². The minimum absolute atomic E-state index is 0.421. The smallest absolute Gasteiger partial charge is 0.234 e. The third-order valence-electron chi connectivity index (χ3n) is 7.42. The maximum atomic E-state index is 4.91. The topological polar surface area (TPSA) is 90.8 Å². The molecule has 8 heteroatoms. The molecule has 0 bridgehead atoms. The number of rotatable bonds is 6. The molecule has 188 valence electrons. The summed E-state index contributed by atoms with van der Waals surface area (Å²) in [6, 6.07) is 23.2. The minimum atomic E-state index is 0.421. The summed E-state index contributed by atoms with van der Waals surface area (Å²) < 4.78 is 1.98. The van der Waals surface area contributed by atoms with Gasteiger partial charge >= 0.3 is 0 Å². The Morgan fingerprint density at radius 1 is 0.868 bits per heavy atom. The minimum Gasteiger partial charge on any atom is -0.359 e. The summed E-state index contributed by atoms with van der Waals surface area (Å²) in [6.07, 6.45) is 9.89. The van der Waals surface area contributed by atoms with Crippen LogP contribution in [0.4, 0.5) is 0 Å². The van der Waals surface area contributed by atoms with Crippen LogP contribution in [-0.4, -0.2) is 52.5 Å². The molecule has 0 spiro atoms. The van der Waals surface area contributed by atoms with Crippen molar-refractivity contribution in [1.82, 2.24) is 39.4 Å². The first-order chi connectivity index (χ1) is 18.8. The van der Waals surface area contributed by atoms with E-state index in [1.54, 1.807) is 6.20 Å². The monoisotopic (exact) mass is 500 g/mol. The van der Waals surface area contributed by atoms with Crippen LogP contribution < -0.4 is 0 Å². The third-order valence-corrected chi connectivity index (χ3v) is 7.42. The fourth-order valence-electron chi connectivity index (χ4n) is 5.34. The van der Waals surface area contributed by atoms with Crippen LogP contribution in [0.2, 0.25) is 0 Å². The van der Waals surface area contributed by atoms with Gasteiger partial charge in [0.15, 0.2) is 5.82 Å². The lowest BCUT2D eigenvalue weighted by molar-refractivity contribution is 0.202. The molecule has 2 aromatic carbocycles. The number of H-pyrrole nitrogens is 2. The molecule has 1 fully saturated rings. The maximum Gasteiger partial charge on any atom is 0.234 e. The average Bonchev–Trinajstić information content (AvgIpc) is 3.76. The summed E-state index contributed by atoms with van der Waals surface area (Å²) in [4.78, 5) is 19.8. The SMILES string of the molecule is c1ccc(-c2cn3ccnc3nc2-c2ccc(CN3CCC(c4nc(-c5ccc[nH]5)n[nH]4)CC3)cc2)cc1. The molecule has 2 N–H and O–H groups in total. The Labute approximate surface area is 220 Å². The molecule has 8 nitrogen and oxygen atoms in total. The van der Waals surface area contributed by atoms with E-state index in [0.29, 0.717) is 11.7 Å². The second-order valence-electron chi connectivity index (χ2n) is 9.88. The Morgan fingerprint density at radius 2 is 1.71 bits per heavy atom. The lowest BCUT2D eigenvalue weighted by Crippen LogP contribution is -2.32. The van der Waals surface area contributed by atoms with Crippen molar-refractivity contribution in [2.45, 2.75) is 25.3 Å². The Balaban J connectivity index is 1.04. The zero-order chi connectivity index (χ0) is 25.3. The van der Waals surface area contributed by atoms with Crippen LogP contribution in [0.15, 0.2) is 91.5 Å². The lowest BCUT2D eigenvalue weighted by Gasteiger charge is -2.31. The van der Waals surface area contributed by atoms with Crippen LogP contribution in [0.3, 0.4) is 0 Å². The molecule has 0 amide bonds. The molecule has 1 aliphatic rings. The number of fused-ring (bicyclic) bond motifs is 1. The largest absolute Gasteiger partial charge is 0.359 e. The summed E-state index contributed by atoms with van der Waals surface area (Å²) in [7, 11) is 0. The number of nitrogens with one attached hydrogen (secondary N) is 2. The molecule has 4 aromatic heterocycles. The molecular formula is C30H28N8. The predicted octanol–water partition coefficient (Wildman–Crippen LogP) is 5.56. The van der Waals surface area contributed by atoms with Crippen LogP contribution >= 0.6 is 0 Å². The van der Waals surface area contributed by atoms with Gasteiger partial charge in [-0.1, -0.05) is 54.6 Å². The number of likely N-dealkylation sites (tertiary alicyclic amines) is 1. The van der Waals surface area contributed by atoms with E-state index < -0.39 is 0 Å². The molecule has 7 rings (SSSR count). The normalized spacial score (nSPS) is 14.8. The second kappa shape index (κ2) is 9.72. The Bertz CT molecular complexity index is 1640. The molecule has 0 aliphatic carbocycles. The highest BCUT2D eigenvalue weighted by Gasteiger charge is 2.24. The number of benzene rings is 2. The third kappa shape index (κ3) is 4.39. The van der Waals surface area contributed by atoms with Gasteiger partial charge in [-0.25, -0.2) is 15.0 Å². The van der Waals surface area contributed by atoms with Gasteiger partial charge < -0.3 is 4.98 Å². The molecule has 0 atom stereocenters. The Morgan fingerprint density at radius 3 is 2.50 bits per heavy atom. The van der Waals surface area contributed by atoms with Crippen LogP contribution in [-0.2, 0) is 6.54 Å². The van der Waals surface area contributed by atoms with E-state index in [9.17, 15) is 0 Å². The van der Waals surface area contributed by atoms with Crippen LogP contribution in [0, 0.1) is 0 Å². The van der Waals surface area contributed by atoms with Gasteiger partial charge in [0.1, 0.15) is 5.82 Å². The van der Waals surface area contributed by atoms with Crippen molar-refractivity contribution < 1.29 is 0 Å². The lowest BCUT2D eigenvalue weighted by atomic mass is 9.95. The first-order valence-corrected chi connectivity index (χ1v) is 13.1. The van der Waals surface area contributed by atoms with Crippen molar-refractivity contribution >= 4 is 5.78 Å². The van der Waals surface area contributed by atoms with Crippen LogP contribution in [0.25, 0.3) is 39.7 Å². The van der Waals surface area contributed by atoms with Gasteiger partial charge in [0.2, 0.25) is 5.78 Å². The molecule has 5 heterocycles. The summed E-state index contributed by atoms with van der Waals surface area (Å²) in [5.74, 6) is 2.86. The first-order valence-electron chi connectivity index (χ1n) is 13.1. The Hall–Kier alpha value is -4.56. The van der Waals surface area contributed by atoms with Crippen LogP contribution in [0.5, 0.6) is 0 Å². The number of aromatic nitrogens is 7. The number of hydrogen-bond acceptors (Lipinski definition) is 5. The number of aromatic amines is 2. The van der Waals surface area contributed by atoms with Crippen LogP contribution in [0.1, 0.15) is 30.1 Å². The highest BCUT2D eigenvalue weighted by atomic mass is 15.2. The van der Waals surface area contributed by atoms with Gasteiger partial charge in [-0.3, -0.25) is 14.4 Å². The second-order valence-corrected chi connectivity index (χ2v) is 9.88. The number of imidazole rings is 1. The number of piperidine rings is 1. The molecule has 1 saturated heterocycles. The molecule has 1 aliphatic heterocycles. The van der Waals surface area contributed by atoms with Crippen molar-refractivity contribution in [2.24, 2.45) is 0 Å². The van der Waals surface area contributed by atoms with E-state index in [2.05, 4.69) is 79.8 Å². The molecular weight excluding hydrogens is 472 g/mol. The number of hydrogen-bond donors (Lipinski definition) is 2. The van der Waals surface area contributed by atoms with Crippen molar-refractivity contribution in [3.05, 3.63) is 103 Å². The van der Waals surface area contributed by atoms with E-state index >= 15 is 0 Å². The molecule has 38 heavy (non-hydrogen) atoms. The van der Waals surface area contributed by atoms with E-state index in [0.717, 1.165) is 72.2 Å². The fraction of sp³-hybridized carbons (Fsp3) is 0.200. The fourth-order valence-corrected chi connectivity index (χ4v) is 5.34. The maximum absolute atomic E-state index is 4.91. The summed E-state index contributed by atoms with van der Waals surface area (Å²) >= 11 is 0. The van der Waals surface area contributed by atoms with Crippen molar-refractivity contribution in [3.8, 4) is 33.9 Å². The van der Waals surface area contributed by atoms with Gasteiger partial charge in [-0.05, 0) is 49.2 Å². The predicted molar refractivity (Wildman–Crippen MR) is 147 cm³/mol. The summed E-state index contributed by atoms with van der Waals surface area (Å²) in [5.41, 5.74) is 6.54. The van der Waals surface area contributed by atoms with E-state index in [1.807, 2.05) is 35.0 Å². The van der Waals surface area contributed by atoms with Crippen molar-refractivity contribution in [1.29, 1.82) is 0 Å². The highest BCUT2D eigenvalue weighted by molar-refractivity contribution is 5.81.